The molecule has 5 heteroatoms. The van der Waals surface area contributed by atoms with Crippen molar-refractivity contribution in [1.29, 1.82) is 5.26 Å². The van der Waals surface area contributed by atoms with E-state index in [9.17, 15) is 4.79 Å². The number of rotatable bonds is 6. The third kappa shape index (κ3) is 5.31. The maximum Gasteiger partial charge on any atom is 0.310 e. The van der Waals surface area contributed by atoms with E-state index >= 15 is 0 Å². The molecule has 0 unspecified atom stereocenters. The topological polar surface area (TPSA) is 59.3 Å². The molecule has 4 nitrogen and oxygen atoms in total. The van der Waals surface area contributed by atoms with Gasteiger partial charge in [0, 0.05) is 0 Å². The Morgan fingerprint density at radius 1 is 1.14 bits per heavy atom. The molecule has 0 aromatic heterocycles. The van der Waals surface area contributed by atoms with Crippen LogP contribution in [0.4, 0.5) is 0 Å². The Hall–Kier alpha value is -2.42. The second-order valence-electron chi connectivity index (χ2n) is 8.00. The van der Waals surface area contributed by atoms with Crippen LogP contribution >= 0.6 is 0 Å². The van der Waals surface area contributed by atoms with Crippen LogP contribution in [-0.2, 0) is 39.0 Å². The maximum absolute atomic E-state index is 12.5. The van der Waals surface area contributed by atoms with Gasteiger partial charge in [-0.1, -0.05) is 39.0 Å². The van der Waals surface area contributed by atoms with Crippen LogP contribution in [0.3, 0.4) is 0 Å². The number of nitrogens with zero attached hydrogens (tertiary/aromatic N) is 1. The standard InChI is InChI=1S/C23H26NO3Si/c1-15-16(2)20(14-27-28)21(23(3,4)5)10-19(15)11-22(25)26-13-18-8-6-7-17(9-18)12-24/h6-10H,11,13-14H2,1-5H3. The third-order valence-corrected chi connectivity index (χ3v) is 5.10. The van der Waals surface area contributed by atoms with E-state index in [-0.39, 0.29) is 24.4 Å². The minimum absolute atomic E-state index is 0.0745. The summed E-state index contributed by atoms with van der Waals surface area (Å²) in [5.74, 6) is -0.283. The van der Waals surface area contributed by atoms with E-state index in [0.717, 1.165) is 27.8 Å². The average molecular weight is 393 g/mol. The Balaban J connectivity index is 2.21. The summed E-state index contributed by atoms with van der Waals surface area (Å²) in [5, 5.41) is 8.97. The third-order valence-electron chi connectivity index (χ3n) is 4.96. The van der Waals surface area contributed by atoms with Gasteiger partial charge in [0.25, 0.3) is 0 Å². The molecule has 0 bridgehead atoms. The average Bonchev–Trinajstić information content (AvgIpc) is 2.65. The summed E-state index contributed by atoms with van der Waals surface area (Å²) in [4.78, 5) is 12.5. The number of carbonyl (C=O) groups excluding carboxylic acids is 1. The SMILES string of the molecule is Cc1c(CC(=O)OCc2cccc(C#N)c2)cc(C(C)(C)C)c(CO[Si])c1C. The number of hydrogen-bond acceptors (Lipinski definition) is 4. The minimum atomic E-state index is -0.283. The van der Waals surface area contributed by atoms with E-state index < -0.39 is 0 Å². The molecule has 0 amide bonds. The van der Waals surface area contributed by atoms with Gasteiger partial charge in [-0.25, -0.2) is 0 Å². The summed E-state index contributed by atoms with van der Waals surface area (Å²) in [6.45, 7) is 11.2. The molecule has 145 valence electrons. The maximum atomic E-state index is 12.5. The first kappa shape index (κ1) is 21.9. The smallest absolute Gasteiger partial charge is 0.310 e. The molecule has 0 aliphatic heterocycles. The molecule has 28 heavy (non-hydrogen) atoms. The van der Waals surface area contributed by atoms with Crippen LogP contribution in [0, 0.1) is 25.2 Å². The number of ether oxygens (including phenoxy) is 1. The van der Waals surface area contributed by atoms with Gasteiger partial charge in [-0.05, 0) is 64.8 Å². The van der Waals surface area contributed by atoms with E-state index in [1.54, 1.807) is 18.2 Å². The molecule has 0 saturated carbocycles. The molecule has 0 aliphatic rings. The van der Waals surface area contributed by atoms with Gasteiger partial charge in [-0.15, -0.1) is 0 Å². The van der Waals surface area contributed by atoms with Gasteiger partial charge in [0.05, 0.1) is 24.7 Å². The molecule has 2 rings (SSSR count). The van der Waals surface area contributed by atoms with E-state index in [1.807, 2.05) is 13.0 Å². The van der Waals surface area contributed by atoms with Crippen molar-refractivity contribution in [3.8, 4) is 6.07 Å². The number of benzene rings is 2. The second-order valence-corrected chi connectivity index (χ2v) is 8.29. The van der Waals surface area contributed by atoms with Crippen LogP contribution in [0.15, 0.2) is 30.3 Å². The first-order valence-corrected chi connectivity index (χ1v) is 9.63. The van der Waals surface area contributed by atoms with E-state index in [4.69, 9.17) is 14.4 Å². The lowest BCUT2D eigenvalue weighted by Gasteiger charge is -2.27. The summed E-state index contributed by atoms with van der Waals surface area (Å²) in [5.41, 5.74) is 6.78. The van der Waals surface area contributed by atoms with E-state index in [0.29, 0.717) is 12.2 Å². The van der Waals surface area contributed by atoms with Gasteiger partial charge in [-0.3, -0.25) is 4.79 Å². The monoisotopic (exact) mass is 392 g/mol. The molecule has 3 radical (unpaired) electrons. The van der Waals surface area contributed by atoms with Gasteiger partial charge < -0.3 is 9.16 Å². The quantitative estimate of drug-likeness (QED) is 0.541. The molecular weight excluding hydrogens is 366 g/mol. The Kier molecular flexibility index (Phi) is 7.17. The predicted molar refractivity (Wildman–Crippen MR) is 110 cm³/mol. The largest absolute Gasteiger partial charge is 0.461 e. The fourth-order valence-electron chi connectivity index (χ4n) is 3.25. The van der Waals surface area contributed by atoms with Crippen LogP contribution in [0.5, 0.6) is 0 Å². The van der Waals surface area contributed by atoms with E-state index in [1.165, 1.54) is 5.56 Å². The summed E-state index contributed by atoms with van der Waals surface area (Å²) < 4.78 is 10.7. The Bertz CT molecular complexity index is 907. The Labute approximate surface area is 171 Å². The van der Waals surface area contributed by atoms with Crippen LogP contribution in [0.1, 0.15) is 59.7 Å². The zero-order valence-corrected chi connectivity index (χ0v) is 18.2. The van der Waals surface area contributed by atoms with Crippen LogP contribution in [0.25, 0.3) is 0 Å². The first-order chi connectivity index (χ1) is 13.2. The van der Waals surface area contributed by atoms with Crippen molar-refractivity contribution >= 4 is 16.5 Å². The lowest BCUT2D eigenvalue weighted by molar-refractivity contribution is -0.144. The van der Waals surface area contributed by atoms with Crippen LogP contribution in [-0.4, -0.2) is 16.5 Å². The van der Waals surface area contributed by atoms with Gasteiger partial charge in [0.1, 0.15) is 6.61 Å². The number of carbonyl (C=O) groups is 1. The summed E-state index contributed by atoms with van der Waals surface area (Å²) in [7, 11) is 3.11. The first-order valence-electron chi connectivity index (χ1n) is 9.23. The molecule has 0 heterocycles. The van der Waals surface area contributed by atoms with Crippen molar-refractivity contribution in [3.05, 3.63) is 69.3 Å². The predicted octanol–water partition coefficient (Wildman–Crippen LogP) is 4.36. The number of hydrogen-bond donors (Lipinski definition) is 0. The second kappa shape index (κ2) is 9.18. The Morgan fingerprint density at radius 3 is 2.46 bits per heavy atom. The highest BCUT2D eigenvalue weighted by molar-refractivity contribution is 5.97. The fraction of sp³-hybridized carbons (Fsp3) is 0.391. The van der Waals surface area contributed by atoms with Crippen LogP contribution < -0.4 is 0 Å². The number of nitriles is 1. The van der Waals surface area contributed by atoms with Crippen molar-refractivity contribution in [3.63, 3.8) is 0 Å². The minimum Gasteiger partial charge on any atom is -0.461 e. The molecule has 0 aliphatic carbocycles. The van der Waals surface area contributed by atoms with Gasteiger partial charge in [0.15, 0.2) is 0 Å². The van der Waals surface area contributed by atoms with Crippen LogP contribution in [0.2, 0.25) is 0 Å². The molecule has 0 saturated heterocycles. The fourth-order valence-corrected chi connectivity index (χ4v) is 3.40. The van der Waals surface area contributed by atoms with Crippen molar-refractivity contribution in [2.75, 3.05) is 0 Å². The normalized spacial score (nSPS) is 11.2. The lowest BCUT2D eigenvalue weighted by atomic mass is 9.79. The highest BCUT2D eigenvalue weighted by Gasteiger charge is 2.23. The summed E-state index contributed by atoms with van der Waals surface area (Å²) >= 11 is 0. The van der Waals surface area contributed by atoms with Gasteiger partial charge >= 0.3 is 5.97 Å². The number of esters is 1. The molecule has 0 N–H and O–H groups in total. The van der Waals surface area contributed by atoms with Crippen molar-refractivity contribution in [2.24, 2.45) is 0 Å². The van der Waals surface area contributed by atoms with Crippen molar-refractivity contribution in [1.82, 2.24) is 0 Å². The van der Waals surface area contributed by atoms with Crippen molar-refractivity contribution < 1.29 is 14.0 Å². The zero-order chi connectivity index (χ0) is 20.9. The Morgan fingerprint density at radius 2 is 1.86 bits per heavy atom. The van der Waals surface area contributed by atoms with Crippen molar-refractivity contribution in [2.45, 2.75) is 59.7 Å². The van der Waals surface area contributed by atoms with Gasteiger partial charge in [0.2, 0.25) is 10.5 Å². The summed E-state index contributed by atoms with van der Waals surface area (Å²) in [6.07, 6.45) is 0.211. The van der Waals surface area contributed by atoms with Gasteiger partial charge in [-0.2, -0.15) is 5.26 Å². The zero-order valence-electron chi connectivity index (χ0n) is 17.2. The lowest BCUT2D eigenvalue weighted by Crippen LogP contribution is -2.19. The highest BCUT2D eigenvalue weighted by Crippen LogP contribution is 2.32. The summed E-state index contributed by atoms with van der Waals surface area (Å²) in [6, 6.07) is 11.3. The highest BCUT2D eigenvalue weighted by atomic mass is 28.2. The van der Waals surface area contributed by atoms with E-state index in [2.05, 4.69) is 50.3 Å². The molecule has 0 atom stereocenters. The molecule has 0 spiro atoms. The molecular formula is C23H26NO3Si. The molecule has 0 fully saturated rings. The molecule has 2 aromatic rings. The molecule has 2 aromatic carbocycles.